The van der Waals surface area contributed by atoms with E-state index < -0.39 is 0 Å². The van der Waals surface area contributed by atoms with Crippen LogP contribution in [0.2, 0.25) is 10.0 Å². The van der Waals surface area contributed by atoms with Crippen molar-refractivity contribution in [2.75, 3.05) is 17.7 Å². The maximum absolute atomic E-state index is 12.8. The van der Waals surface area contributed by atoms with E-state index in [1.807, 2.05) is 19.1 Å². The molecular formula is C21H18Cl2N2O2. The second-order valence-electron chi connectivity index (χ2n) is 5.91. The molecule has 0 atom stereocenters. The summed E-state index contributed by atoms with van der Waals surface area (Å²) in [6, 6.07) is 17.9. The summed E-state index contributed by atoms with van der Waals surface area (Å²) >= 11 is 12.7. The maximum Gasteiger partial charge on any atom is 0.257 e. The molecule has 0 unspecified atom stereocenters. The first kappa shape index (κ1) is 19.1. The molecule has 0 radical (unpaired) electrons. The number of ether oxygens (including phenoxy) is 1. The third-order valence-corrected chi connectivity index (χ3v) is 4.87. The maximum atomic E-state index is 12.8. The van der Waals surface area contributed by atoms with E-state index in [9.17, 15) is 4.79 Å². The summed E-state index contributed by atoms with van der Waals surface area (Å²) in [5.41, 5.74) is 3.22. The zero-order valence-corrected chi connectivity index (χ0v) is 16.4. The summed E-state index contributed by atoms with van der Waals surface area (Å²) in [6.07, 6.45) is 0. The summed E-state index contributed by atoms with van der Waals surface area (Å²) in [6.45, 7) is 1.89. The van der Waals surface area contributed by atoms with Gasteiger partial charge in [-0.1, -0.05) is 41.4 Å². The van der Waals surface area contributed by atoms with Gasteiger partial charge in [0.2, 0.25) is 0 Å². The fourth-order valence-corrected chi connectivity index (χ4v) is 3.03. The molecule has 0 spiro atoms. The van der Waals surface area contributed by atoms with Crippen molar-refractivity contribution in [3.8, 4) is 5.75 Å². The lowest BCUT2D eigenvalue weighted by Crippen LogP contribution is -2.14. The number of aryl methyl sites for hydroxylation is 1. The molecule has 1 amide bonds. The Morgan fingerprint density at radius 3 is 2.37 bits per heavy atom. The number of hydrogen-bond donors (Lipinski definition) is 2. The fraction of sp³-hybridized carbons (Fsp3) is 0.0952. The van der Waals surface area contributed by atoms with Crippen molar-refractivity contribution < 1.29 is 9.53 Å². The van der Waals surface area contributed by atoms with Crippen molar-refractivity contribution in [3.05, 3.63) is 81.8 Å². The number of hydrogen-bond acceptors (Lipinski definition) is 3. The van der Waals surface area contributed by atoms with Crippen LogP contribution in [0.1, 0.15) is 15.9 Å². The van der Waals surface area contributed by atoms with Crippen LogP contribution < -0.4 is 15.4 Å². The van der Waals surface area contributed by atoms with Crippen LogP contribution in [0.25, 0.3) is 0 Å². The highest BCUT2D eigenvalue weighted by atomic mass is 35.5. The third kappa shape index (κ3) is 4.35. The van der Waals surface area contributed by atoms with Crippen LogP contribution in [0.5, 0.6) is 5.75 Å². The van der Waals surface area contributed by atoms with E-state index in [2.05, 4.69) is 10.6 Å². The number of carbonyl (C=O) groups excluding carboxylic acids is 1. The van der Waals surface area contributed by atoms with Crippen molar-refractivity contribution >= 4 is 46.2 Å². The molecule has 4 nitrogen and oxygen atoms in total. The van der Waals surface area contributed by atoms with E-state index in [1.165, 1.54) is 0 Å². The monoisotopic (exact) mass is 400 g/mol. The van der Waals surface area contributed by atoms with Crippen LogP contribution in [-0.2, 0) is 0 Å². The molecule has 2 N–H and O–H groups in total. The highest BCUT2D eigenvalue weighted by molar-refractivity contribution is 6.39. The predicted octanol–water partition coefficient (Wildman–Crippen LogP) is 6.31. The highest BCUT2D eigenvalue weighted by Crippen LogP contribution is 2.36. The number of carbonyl (C=O) groups is 1. The molecule has 0 saturated carbocycles. The van der Waals surface area contributed by atoms with Gasteiger partial charge in [-0.15, -0.1) is 0 Å². The minimum Gasteiger partial charge on any atom is -0.497 e. The third-order valence-electron chi connectivity index (χ3n) is 4.06. The highest BCUT2D eigenvalue weighted by Gasteiger charge is 2.15. The minimum atomic E-state index is -0.247. The largest absolute Gasteiger partial charge is 0.497 e. The first-order valence-electron chi connectivity index (χ1n) is 8.25. The zero-order chi connectivity index (χ0) is 19.4. The predicted molar refractivity (Wildman–Crippen MR) is 112 cm³/mol. The first-order valence-corrected chi connectivity index (χ1v) is 9.01. The molecule has 0 aromatic heterocycles. The van der Waals surface area contributed by atoms with Gasteiger partial charge in [-0.3, -0.25) is 4.79 Å². The van der Waals surface area contributed by atoms with E-state index in [-0.39, 0.29) is 5.91 Å². The topological polar surface area (TPSA) is 50.4 Å². The van der Waals surface area contributed by atoms with Gasteiger partial charge in [-0.05, 0) is 55.0 Å². The van der Waals surface area contributed by atoms with Crippen molar-refractivity contribution in [3.63, 3.8) is 0 Å². The number of para-hydroxylation sites is 1. The molecule has 0 heterocycles. The Morgan fingerprint density at radius 2 is 1.67 bits per heavy atom. The number of amides is 1. The number of nitrogens with one attached hydrogen (secondary N) is 2. The first-order chi connectivity index (χ1) is 13.0. The van der Waals surface area contributed by atoms with Gasteiger partial charge in [0.15, 0.2) is 0 Å². The Morgan fingerprint density at radius 1 is 0.963 bits per heavy atom. The summed E-state index contributed by atoms with van der Waals surface area (Å²) in [5.74, 6) is 0.474. The van der Waals surface area contributed by atoms with Crippen LogP contribution in [0.15, 0.2) is 60.7 Å². The molecule has 0 aliphatic rings. The lowest BCUT2D eigenvalue weighted by atomic mass is 10.1. The van der Waals surface area contributed by atoms with E-state index >= 15 is 0 Å². The summed E-state index contributed by atoms with van der Waals surface area (Å²) in [4.78, 5) is 12.8. The quantitative estimate of drug-likeness (QED) is 0.527. The average molecular weight is 401 g/mol. The summed E-state index contributed by atoms with van der Waals surface area (Å²) < 4.78 is 5.13. The van der Waals surface area contributed by atoms with Gasteiger partial charge in [0.25, 0.3) is 5.91 Å². The molecule has 3 rings (SSSR count). The molecule has 0 saturated heterocycles. The number of methoxy groups -OCH3 is 1. The van der Waals surface area contributed by atoms with E-state index in [0.717, 1.165) is 11.3 Å². The molecule has 138 valence electrons. The van der Waals surface area contributed by atoms with Gasteiger partial charge in [-0.25, -0.2) is 0 Å². The van der Waals surface area contributed by atoms with Gasteiger partial charge >= 0.3 is 0 Å². The van der Waals surface area contributed by atoms with Gasteiger partial charge in [0, 0.05) is 5.69 Å². The Kier molecular flexibility index (Phi) is 5.89. The Labute approximate surface area is 168 Å². The van der Waals surface area contributed by atoms with Crippen molar-refractivity contribution in [2.24, 2.45) is 0 Å². The van der Waals surface area contributed by atoms with Crippen LogP contribution in [0.4, 0.5) is 17.1 Å². The molecule has 0 aliphatic heterocycles. The Balaban J connectivity index is 1.87. The van der Waals surface area contributed by atoms with Gasteiger partial charge in [0.1, 0.15) is 5.75 Å². The van der Waals surface area contributed by atoms with E-state index in [0.29, 0.717) is 32.7 Å². The summed E-state index contributed by atoms with van der Waals surface area (Å²) in [7, 11) is 1.59. The molecule has 3 aromatic rings. The lowest BCUT2D eigenvalue weighted by Gasteiger charge is -2.15. The molecule has 3 aromatic carbocycles. The molecular weight excluding hydrogens is 383 g/mol. The molecule has 0 aliphatic carbocycles. The second-order valence-corrected chi connectivity index (χ2v) is 6.69. The second kappa shape index (κ2) is 8.33. The average Bonchev–Trinajstić information content (AvgIpc) is 2.69. The van der Waals surface area contributed by atoms with Gasteiger partial charge < -0.3 is 15.4 Å². The van der Waals surface area contributed by atoms with Crippen LogP contribution in [-0.4, -0.2) is 13.0 Å². The number of halogens is 2. The Hall–Kier alpha value is -2.69. The zero-order valence-electron chi connectivity index (χ0n) is 14.8. The smallest absolute Gasteiger partial charge is 0.257 e. The number of anilines is 3. The SMILES string of the molecule is COc1ccc(NC(=O)c2ccccc2Nc2c(Cl)ccc(C)c2Cl)cc1. The minimum absolute atomic E-state index is 0.247. The van der Waals surface area contributed by atoms with Crippen molar-refractivity contribution in [1.29, 1.82) is 0 Å². The number of rotatable bonds is 5. The molecule has 0 bridgehead atoms. The van der Waals surface area contributed by atoms with Gasteiger partial charge in [-0.2, -0.15) is 0 Å². The van der Waals surface area contributed by atoms with Crippen LogP contribution in [0, 0.1) is 6.92 Å². The number of benzene rings is 3. The molecule has 27 heavy (non-hydrogen) atoms. The normalized spacial score (nSPS) is 10.4. The van der Waals surface area contributed by atoms with Crippen molar-refractivity contribution in [1.82, 2.24) is 0 Å². The lowest BCUT2D eigenvalue weighted by molar-refractivity contribution is 0.102. The summed E-state index contributed by atoms with van der Waals surface area (Å²) in [5, 5.41) is 7.07. The Bertz CT molecular complexity index is 972. The van der Waals surface area contributed by atoms with E-state index in [1.54, 1.807) is 55.6 Å². The molecule has 6 heteroatoms. The van der Waals surface area contributed by atoms with Crippen LogP contribution >= 0.6 is 23.2 Å². The van der Waals surface area contributed by atoms with E-state index in [4.69, 9.17) is 27.9 Å². The standard InChI is InChI=1S/C21H18Cl2N2O2/c1-13-7-12-17(22)20(19(13)23)25-18-6-4-3-5-16(18)21(26)24-14-8-10-15(27-2)11-9-14/h3-12,25H,1-2H3,(H,24,26). The molecule has 0 fully saturated rings. The van der Waals surface area contributed by atoms with Crippen LogP contribution in [0.3, 0.4) is 0 Å². The van der Waals surface area contributed by atoms with Gasteiger partial charge in [0.05, 0.1) is 34.1 Å². The fourth-order valence-electron chi connectivity index (χ4n) is 2.57. The van der Waals surface area contributed by atoms with Crippen molar-refractivity contribution in [2.45, 2.75) is 6.92 Å².